The maximum absolute atomic E-state index is 14.5. The molecule has 0 N–H and O–H groups in total. The van der Waals surface area contributed by atoms with Gasteiger partial charge in [0.25, 0.3) is 0 Å². The fourth-order valence-electron chi connectivity index (χ4n) is 2.72. The van der Waals surface area contributed by atoms with Crippen LogP contribution in [0.15, 0.2) is 0 Å². The predicted octanol–water partition coefficient (Wildman–Crippen LogP) is 7.09. The van der Waals surface area contributed by atoms with Crippen molar-refractivity contribution in [3.05, 3.63) is 0 Å². The Morgan fingerprint density at radius 3 is 0.914 bits per heavy atom. The first-order valence-electron chi connectivity index (χ1n) is 7.27. The second-order valence-corrected chi connectivity index (χ2v) is 6.49. The smallest absolute Gasteiger partial charge is 0.219 e. The van der Waals surface area contributed by atoms with Gasteiger partial charge >= 0.3 is 65.8 Å². The predicted molar refractivity (Wildman–Crippen MR) is 57.4 cm³/mol. The molecule has 0 amide bonds. The minimum absolute atomic E-state index is 5.46. The molecule has 0 radical (unpaired) electrons. The molecule has 210 valence electrons. The quantitative estimate of drug-likeness (QED) is 0.254. The van der Waals surface area contributed by atoms with Gasteiger partial charge in [0.1, 0.15) is 0 Å². The summed E-state index contributed by atoms with van der Waals surface area (Å²) in [6, 6.07) is -9.05. The molecule has 0 aromatic heterocycles. The van der Waals surface area contributed by atoms with Gasteiger partial charge in [0.15, 0.2) is 0 Å². The third kappa shape index (κ3) is 3.14. The van der Waals surface area contributed by atoms with E-state index in [2.05, 4.69) is 0 Å². The molecule has 0 aromatic rings. The molecule has 0 aromatic carbocycles. The zero-order chi connectivity index (χ0) is 29.1. The van der Waals surface area contributed by atoms with Crippen molar-refractivity contribution >= 4 is 0 Å². The Balaban J connectivity index is 4.41. The minimum atomic E-state index is -9.36. The Labute approximate surface area is 173 Å². The summed E-state index contributed by atoms with van der Waals surface area (Å²) >= 11 is 0. The fraction of sp³-hybridized carbons (Fsp3) is 1.00. The molecular weight excluding hydrogens is 583 g/mol. The van der Waals surface area contributed by atoms with Crippen LogP contribution in [0.3, 0.4) is 0 Å². The third-order valence-corrected chi connectivity index (χ3v) is 4.45. The number of hydrogen-bond donors (Lipinski definition) is 0. The van der Waals surface area contributed by atoms with E-state index in [9.17, 15) is 101 Å². The van der Waals surface area contributed by atoms with Crippen molar-refractivity contribution in [2.45, 2.75) is 65.8 Å². The van der Waals surface area contributed by atoms with Crippen LogP contribution in [0, 0.1) is 0 Å². The van der Waals surface area contributed by atoms with Crippen molar-refractivity contribution in [1.29, 1.82) is 0 Å². The first kappa shape index (κ1) is 31.4. The third-order valence-electron chi connectivity index (χ3n) is 4.45. The first-order chi connectivity index (χ1) is 14.6. The van der Waals surface area contributed by atoms with Gasteiger partial charge in [-0.3, -0.25) is 0 Å². The number of rotatable bonds is 3. The van der Waals surface area contributed by atoms with Crippen molar-refractivity contribution in [2.75, 3.05) is 0 Å². The van der Waals surface area contributed by atoms with Crippen LogP contribution < -0.4 is 0 Å². The molecule has 24 heteroatoms. The van der Waals surface area contributed by atoms with Gasteiger partial charge < -0.3 is 0 Å². The summed E-state index contributed by atoms with van der Waals surface area (Å²) in [7, 11) is 0. The minimum Gasteiger partial charge on any atom is -0.219 e. The molecule has 0 unspecified atom stereocenters. The van der Waals surface area contributed by atoms with Crippen molar-refractivity contribution in [3.8, 4) is 0 Å². The van der Waals surface area contributed by atoms with Crippen LogP contribution in [0.1, 0.15) is 0 Å². The molecule has 0 heterocycles. The van der Waals surface area contributed by atoms with E-state index >= 15 is 0 Å². The molecule has 1 saturated carbocycles. The lowest BCUT2D eigenvalue weighted by Gasteiger charge is -2.58. The zero-order valence-electron chi connectivity index (χ0n) is 14.6. The van der Waals surface area contributed by atoms with Crippen molar-refractivity contribution in [1.82, 2.24) is 4.90 Å². The van der Waals surface area contributed by atoms with Crippen LogP contribution in [0.25, 0.3) is 0 Å². The maximum atomic E-state index is 14.5. The molecule has 1 nitrogen and oxygen atoms in total. The molecule has 1 rings (SSSR count). The van der Waals surface area contributed by atoms with Gasteiger partial charge in [-0.2, -0.15) is 92.2 Å². The largest absolute Gasteiger partial charge is 0.467 e. The highest BCUT2D eigenvalue weighted by Crippen LogP contribution is 2.74. The lowest BCUT2D eigenvalue weighted by atomic mass is 9.69. The average molecular weight is 583 g/mol. The van der Waals surface area contributed by atoms with Crippen LogP contribution in [-0.2, 0) is 0 Å². The first-order valence-corrected chi connectivity index (χ1v) is 7.27. The van der Waals surface area contributed by atoms with E-state index in [1.165, 1.54) is 0 Å². The molecule has 0 aliphatic heterocycles. The topological polar surface area (TPSA) is 3.24 Å². The molecule has 0 bridgehead atoms. The second-order valence-electron chi connectivity index (χ2n) is 6.49. The number of halogens is 23. The molecule has 0 spiro atoms. The van der Waals surface area contributed by atoms with Crippen molar-refractivity contribution < 1.29 is 101 Å². The maximum Gasteiger partial charge on any atom is 0.467 e. The lowest BCUT2D eigenvalue weighted by Crippen LogP contribution is -2.92. The Morgan fingerprint density at radius 1 is 0.429 bits per heavy atom. The Hall–Kier alpha value is -1.65. The highest BCUT2D eigenvalue weighted by atomic mass is 19.4. The average Bonchev–Trinajstić information content (AvgIpc) is 2.55. The zero-order valence-corrected chi connectivity index (χ0v) is 14.6. The highest BCUT2D eigenvalue weighted by Gasteiger charge is 3.08. The second kappa shape index (κ2) is 7.01. The Kier molecular flexibility index (Phi) is 6.28. The van der Waals surface area contributed by atoms with Crippen molar-refractivity contribution in [2.24, 2.45) is 0 Å². The van der Waals surface area contributed by atoms with E-state index in [0.29, 0.717) is 0 Å². The number of alkyl halides is 23. The molecule has 35 heavy (non-hydrogen) atoms. The van der Waals surface area contributed by atoms with E-state index in [1.807, 2.05) is 0 Å². The molecular formula is C11F23N. The van der Waals surface area contributed by atoms with Gasteiger partial charge in [-0.15, -0.1) is 4.90 Å². The van der Waals surface area contributed by atoms with Crippen LogP contribution >= 0.6 is 0 Å². The van der Waals surface area contributed by atoms with E-state index in [1.54, 1.807) is 0 Å². The highest BCUT2D eigenvalue weighted by molar-refractivity contribution is 5.31. The van der Waals surface area contributed by atoms with Crippen LogP contribution in [-0.4, -0.2) is 70.7 Å². The van der Waals surface area contributed by atoms with Gasteiger partial charge in [0.2, 0.25) is 0 Å². The van der Waals surface area contributed by atoms with Gasteiger partial charge in [0, 0.05) is 0 Å². The SMILES string of the molecule is FC(F)(F)N(C(F)(F)C(F)(F)C(F)(F)F)C1(F)C(F)(F)C(F)(F)C(F)(C(F)(F)F)C(F)(F)C1(F)F. The van der Waals surface area contributed by atoms with E-state index < -0.39 is 70.7 Å². The monoisotopic (exact) mass is 583 g/mol. The van der Waals surface area contributed by atoms with Gasteiger partial charge in [-0.05, 0) is 0 Å². The number of nitrogens with zero attached hydrogens (tertiary/aromatic N) is 1. The summed E-state index contributed by atoms with van der Waals surface area (Å²) in [6.07, 6.45) is -25.3. The molecule has 1 aliphatic rings. The molecule has 1 fully saturated rings. The van der Waals surface area contributed by atoms with Crippen LogP contribution in [0.5, 0.6) is 0 Å². The van der Waals surface area contributed by atoms with E-state index in [-0.39, 0.29) is 0 Å². The van der Waals surface area contributed by atoms with Crippen LogP contribution in [0.4, 0.5) is 101 Å². The fourth-order valence-corrected chi connectivity index (χ4v) is 2.72. The Morgan fingerprint density at radius 2 is 0.714 bits per heavy atom. The molecule has 0 saturated heterocycles. The Bertz CT molecular complexity index is 796. The standard InChI is InChI=1S/C11F23N/c12-1(8(24,25)26)2(13,14)4(17,18)7(23,5(19,20)3(1,15)16)35(11(32,33)34)10(30,31)6(21,22)9(27,28)29. The summed E-state index contributed by atoms with van der Waals surface area (Å²) in [5.41, 5.74) is -8.82. The summed E-state index contributed by atoms with van der Waals surface area (Å²) in [6.45, 7) is 0. The summed E-state index contributed by atoms with van der Waals surface area (Å²) in [4.78, 5) is -5.46. The van der Waals surface area contributed by atoms with Gasteiger partial charge in [0.05, 0.1) is 0 Å². The lowest BCUT2D eigenvalue weighted by molar-refractivity contribution is -0.557. The van der Waals surface area contributed by atoms with Gasteiger partial charge in [-0.1, -0.05) is 0 Å². The van der Waals surface area contributed by atoms with E-state index in [0.717, 1.165) is 0 Å². The summed E-state index contributed by atoms with van der Waals surface area (Å²) in [5, 5.41) is 0. The number of hydrogen-bond acceptors (Lipinski definition) is 1. The summed E-state index contributed by atoms with van der Waals surface area (Å²) < 4.78 is 303. The molecule has 0 atom stereocenters. The van der Waals surface area contributed by atoms with Crippen molar-refractivity contribution in [3.63, 3.8) is 0 Å². The van der Waals surface area contributed by atoms with Crippen LogP contribution in [0.2, 0.25) is 0 Å². The summed E-state index contributed by atoms with van der Waals surface area (Å²) in [5.74, 6) is -54.5. The van der Waals surface area contributed by atoms with E-state index in [4.69, 9.17) is 0 Å². The van der Waals surface area contributed by atoms with Gasteiger partial charge in [-0.25, -0.2) is 8.78 Å². The molecule has 1 aliphatic carbocycles. The normalized spacial score (nSPS) is 31.5.